The second-order valence-electron chi connectivity index (χ2n) is 5.84. The number of hydrogen-bond donors (Lipinski definition) is 1. The molecule has 1 heterocycles. The lowest BCUT2D eigenvalue weighted by Gasteiger charge is -2.34. The lowest BCUT2D eigenvalue weighted by molar-refractivity contribution is -0.138. The minimum absolute atomic E-state index is 0. The maximum atomic E-state index is 12.5. The van der Waals surface area contributed by atoms with Crippen molar-refractivity contribution in [2.24, 2.45) is 17.8 Å². The van der Waals surface area contributed by atoms with Crippen LogP contribution < -0.4 is 5.32 Å². The molecule has 3 fully saturated rings. The number of amides is 1. The van der Waals surface area contributed by atoms with Crippen molar-refractivity contribution in [1.29, 1.82) is 0 Å². The van der Waals surface area contributed by atoms with Crippen LogP contribution in [0.4, 0.5) is 0 Å². The first-order valence-corrected chi connectivity index (χ1v) is 6.78. The number of rotatable bonds is 3. The summed E-state index contributed by atoms with van der Waals surface area (Å²) in [7, 11) is 0. The Bertz CT molecular complexity index is 277. The summed E-state index contributed by atoms with van der Waals surface area (Å²) in [6.07, 6.45) is 5.20. The van der Waals surface area contributed by atoms with Crippen LogP contribution >= 0.6 is 12.4 Å². The van der Waals surface area contributed by atoms with Crippen LogP contribution in [0.2, 0.25) is 0 Å². The summed E-state index contributed by atoms with van der Waals surface area (Å²) in [5, 5.41) is 3.40. The zero-order chi connectivity index (χ0) is 11.1. The second kappa shape index (κ2) is 5.15. The van der Waals surface area contributed by atoms with E-state index in [-0.39, 0.29) is 12.4 Å². The van der Waals surface area contributed by atoms with Crippen molar-refractivity contribution in [2.45, 2.75) is 38.6 Å². The molecule has 0 aromatic heterocycles. The smallest absolute Gasteiger partial charge is 0.226 e. The molecule has 1 aliphatic heterocycles. The van der Waals surface area contributed by atoms with Gasteiger partial charge in [-0.3, -0.25) is 4.79 Å². The van der Waals surface area contributed by atoms with Gasteiger partial charge in [0.2, 0.25) is 5.91 Å². The van der Waals surface area contributed by atoms with Crippen molar-refractivity contribution in [3.8, 4) is 0 Å². The summed E-state index contributed by atoms with van der Waals surface area (Å²) in [4.78, 5) is 14.6. The molecule has 0 bridgehead atoms. The van der Waals surface area contributed by atoms with E-state index in [9.17, 15) is 4.79 Å². The molecular formula is C13H23ClN2O. The lowest BCUT2D eigenvalue weighted by atomic mass is 9.95. The van der Waals surface area contributed by atoms with Crippen molar-refractivity contribution in [1.82, 2.24) is 10.2 Å². The molecule has 3 aliphatic rings. The molecule has 0 aromatic carbocycles. The molecule has 3 rings (SSSR count). The van der Waals surface area contributed by atoms with Gasteiger partial charge < -0.3 is 10.2 Å². The molecule has 4 heteroatoms. The van der Waals surface area contributed by atoms with Gasteiger partial charge in [0.1, 0.15) is 0 Å². The fourth-order valence-corrected chi connectivity index (χ4v) is 3.04. The quantitative estimate of drug-likeness (QED) is 0.835. The predicted molar refractivity (Wildman–Crippen MR) is 70.2 cm³/mol. The van der Waals surface area contributed by atoms with Gasteiger partial charge in [0.25, 0.3) is 0 Å². The van der Waals surface area contributed by atoms with E-state index in [2.05, 4.69) is 17.1 Å². The van der Waals surface area contributed by atoms with Crippen LogP contribution in [0, 0.1) is 17.8 Å². The Morgan fingerprint density at radius 1 is 1.24 bits per heavy atom. The first kappa shape index (κ1) is 13.2. The zero-order valence-electron chi connectivity index (χ0n) is 10.5. The monoisotopic (exact) mass is 258 g/mol. The van der Waals surface area contributed by atoms with E-state index >= 15 is 0 Å². The summed E-state index contributed by atoms with van der Waals surface area (Å²) < 4.78 is 0. The van der Waals surface area contributed by atoms with Gasteiger partial charge in [-0.2, -0.15) is 0 Å². The Balaban J connectivity index is 0.00000108. The molecule has 2 aliphatic carbocycles. The zero-order valence-corrected chi connectivity index (χ0v) is 11.3. The first-order valence-electron chi connectivity index (χ1n) is 6.78. The molecule has 1 amide bonds. The third kappa shape index (κ3) is 2.94. The highest BCUT2D eigenvalue weighted by atomic mass is 35.5. The summed E-state index contributed by atoms with van der Waals surface area (Å²) in [6.45, 7) is 4.96. The average molecular weight is 259 g/mol. The van der Waals surface area contributed by atoms with Crippen molar-refractivity contribution >= 4 is 18.3 Å². The second-order valence-corrected chi connectivity index (χ2v) is 5.84. The van der Waals surface area contributed by atoms with Gasteiger partial charge >= 0.3 is 0 Å². The van der Waals surface area contributed by atoms with Crippen molar-refractivity contribution in [2.75, 3.05) is 19.6 Å². The van der Waals surface area contributed by atoms with Crippen molar-refractivity contribution < 1.29 is 4.79 Å². The Morgan fingerprint density at radius 2 is 1.82 bits per heavy atom. The summed E-state index contributed by atoms with van der Waals surface area (Å²) in [5.74, 6) is 2.35. The molecule has 1 N–H and O–H groups in total. The lowest BCUT2D eigenvalue weighted by Crippen LogP contribution is -2.53. The largest absolute Gasteiger partial charge is 0.340 e. The minimum Gasteiger partial charge on any atom is -0.340 e. The number of nitrogens with zero attached hydrogens (tertiary/aromatic N) is 1. The third-order valence-corrected chi connectivity index (χ3v) is 4.23. The normalized spacial score (nSPS) is 29.1. The highest BCUT2D eigenvalue weighted by Crippen LogP contribution is 2.49. The molecule has 2 saturated carbocycles. The maximum Gasteiger partial charge on any atom is 0.226 e. The minimum atomic E-state index is 0. The van der Waals surface area contributed by atoms with E-state index in [1.54, 1.807) is 0 Å². The fourth-order valence-electron chi connectivity index (χ4n) is 3.04. The molecule has 1 atom stereocenters. The molecule has 0 aromatic rings. The highest BCUT2D eigenvalue weighted by molar-refractivity contribution is 5.85. The van der Waals surface area contributed by atoms with E-state index in [4.69, 9.17) is 0 Å². The van der Waals surface area contributed by atoms with Gasteiger partial charge in [0.15, 0.2) is 0 Å². The Labute approximate surface area is 110 Å². The van der Waals surface area contributed by atoms with Crippen LogP contribution in [0.5, 0.6) is 0 Å². The van der Waals surface area contributed by atoms with Crippen LogP contribution in [0.3, 0.4) is 0 Å². The predicted octanol–water partition coefficient (Wildman–Crippen LogP) is 1.66. The Kier molecular flexibility index (Phi) is 3.99. The molecule has 1 unspecified atom stereocenters. The number of carbonyl (C=O) groups excluding carboxylic acids is 1. The third-order valence-electron chi connectivity index (χ3n) is 4.23. The molecule has 0 spiro atoms. The Morgan fingerprint density at radius 3 is 2.29 bits per heavy atom. The van der Waals surface area contributed by atoms with Gasteiger partial charge in [-0.05, 0) is 44.4 Å². The van der Waals surface area contributed by atoms with Crippen molar-refractivity contribution in [3.05, 3.63) is 0 Å². The molecule has 98 valence electrons. The molecule has 17 heavy (non-hydrogen) atoms. The SMILES string of the molecule is CC1CN(C(=O)C(C2CC2)C2CC2)CCN1.Cl. The van der Waals surface area contributed by atoms with Gasteiger partial charge in [-0.15, -0.1) is 12.4 Å². The van der Waals surface area contributed by atoms with Gasteiger partial charge in [0, 0.05) is 31.6 Å². The average Bonchev–Trinajstić information content (AvgIpc) is 3.12. The maximum absolute atomic E-state index is 12.5. The number of piperazine rings is 1. The van der Waals surface area contributed by atoms with Crippen LogP contribution in [-0.2, 0) is 4.79 Å². The van der Waals surface area contributed by atoms with E-state index in [0.29, 0.717) is 17.9 Å². The van der Waals surface area contributed by atoms with E-state index < -0.39 is 0 Å². The number of hydrogen-bond acceptors (Lipinski definition) is 2. The molecule has 3 nitrogen and oxygen atoms in total. The standard InChI is InChI=1S/C13H22N2O.ClH/c1-9-8-15(7-6-14-9)13(16)12(10-2-3-10)11-4-5-11;/h9-12,14H,2-8H2,1H3;1H. The molecular weight excluding hydrogens is 236 g/mol. The van der Waals surface area contributed by atoms with Crippen molar-refractivity contribution in [3.63, 3.8) is 0 Å². The fraction of sp³-hybridized carbons (Fsp3) is 0.923. The number of nitrogens with one attached hydrogen (secondary N) is 1. The highest BCUT2D eigenvalue weighted by Gasteiger charge is 2.47. The molecule has 1 saturated heterocycles. The summed E-state index contributed by atoms with van der Waals surface area (Å²) in [5.41, 5.74) is 0. The van der Waals surface area contributed by atoms with Crippen LogP contribution in [0.25, 0.3) is 0 Å². The van der Waals surface area contributed by atoms with E-state index in [0.717, 1.165) is 31.5 Å². The summed E-state index contributed by atoms with van der Waals surface area (Å²) >= 11 is 0. The van der Waals surface area contributed by atoms with Gasteiger partial charge in [-0.25, -0.2) is 0 Å². The van der Waals surface area contributed by atoms with E-state index in [1.165, 1.54) is 25.7 Å². The molecule has 0 radical (unpaired) electrons. The van der Waals surface area contributed by atoms with Crippen LogP contribution in [0.1, 0.15) is 32.6 Å². The summed E-state index contributed by atoms with van der Waals surface area (Å²) in [6, 6.07) is 0.469. The van der Waals surface area contributed by atoms with E-state index in [1.807, 2.05) is 0 Å². The first-order chi connectivity index (χ1) is 7.75. The number of carbonyl (C=O) groups is 1. The Hall–Kier alpha value is -0.280. The number of halogens is 1. The van der Waals surface area contributed by atoms with Crippen LogP contribution in [0.15, 0.2) is 0 Å². The van der Waals surface area contributed by atoms with Crippen LogP contribution in [-0.4, -0.2) is 36.5 Å². The van der Waals surface area contributed by atoms with Gasteiger partial charge in [-0.1, -0.05) is 0 Å². The topological polar surface area (TPSA) is 32.3 Å². The van der Waals surface area contributed by atoms with Gasteiger partial charge in [0.05, 0.1) is 0 Å².